The van der Waals surface area contributed by atoms with Gasteiger partial charge < -0.3 is 5.32 Å². The number of rotatable bonds is 4. The first-order chi connectivity index (χ1) is 8.58. The van der Waals surface area contributed by atoms with E-state index in [4.69, 9.17) is 5.26 Å². The summed E-state index contributed by atoms with van der Waals surface area (Å²) < 4.78 is 12.9. The Morgan fingerprint density at radius 1 is 1.56 bits per heavy atom. The average molecular weight is 264 g/mol. The van der Waals surface area contributed by atoms with Crippen molar-refractivity contribution in [3.8, 4) is 6.07 Å². The zero-order valence-electron chi connectivity index (χ0n) is 10.2. The number of thioether (sulfide) groups is 1. The van der Waals surface area contributed by atoms with Crippen molar-refractivity contribution in [2.75, 3.05) is 6.26 Å². The Morgan fingerprint density at radius 2 is 2.28 bits per heavy atom. The summed E-state index contributed by atoms with van der Waals surface area (Å²) in [6.45, 7) is 2.03. The lowest BCUT2D eigenvalue weighted by Gasteiger charge is -2.08. The maximum absolute atomic E-state index is 12.9. The summed E-state index contributed by atoms with van der Waals surface area (Å²) in [5.74, 6) is -0.309. The monoisotopic (exact) mass is 264 g/mol. The minimum absolute atomic E-state index is 0.0962. The lowest BCUT2D eigenvalue weighted by Crippen LogP contribution is -2.14. The number of nitriles is 1. The van der Waals surface area contributed by atoms with Gasteiger partial charge in [-0.25, -0.2) is 4.39 Å². The predicted molar refractivity (Wildman–Crippen MR) is 70.1 cm³/mol. The molecule has 0 radical (unpaired) electrons. The molecule has 0 atom stereocenters. The predicted octanol–water partition coefficient (Wildman–Crippen LogP) is 2.60. The van der Waals surface area contributed by atoms with Gasteiger partial charge in [0.2, 0.25) is 5.12 Å². The van der Waals surface area contributed by atoms with Crippen molar-refractivity contribution in [2.24, 2.45) is 0 Å². The zero-order chi connectivity index (χ0) is 13.5. The fourth-order valence-corrected chi connectivity index (χ4v) is 1.76. The maximum atomic E-state index is 12.9. The van der Waals surface area contributed by atoms with Crippen molar-refractivity contribution in [3.63, 3.8) is 0 Å². The van der Waals surface area contributed by atoms with E-state index in [9.17, 15) is 9.18 Å². The minimum atomic E-state index is -0.309. The van der Waals surface area contributed by atoms with Gasteiger partial charge in [0.1, 0.15) is 17.5 Å². The molecule has 94 valence electrons. The Balaban J connectivity index is 2.76. The van der Waals surface area contributed by atoms with Crippen LogP contribution in [-0.2, 0) is 11.3 Å². The van der Waals surface area contributed by atoms with Crippen LogP contribution in [0.4, 0.5) is 4.39 Å². The quantitative estimate of drug-likeness (QED) is 0.671. The number of nitrogens with zero attached hydrogens (tertiary/aromatic N) is 1. The van der Waals surface area contributed by atoms with Gasteiger partial charge in [0.15, 0.2) is 0 Å². The second kappa shape index (κ2) is 6.82. The number of hydrogen-bond donors (Lipinski definition) is 1. The summed E-state index contributed by atoms with van der Waals surface area (Å²) in [4.78, 5) is 11.4. The Morgan fingerprint density at radius 3 is 2.83 bits per heavy atom. The molecule has 1 N–H and O–H groups in total. The lowest BCUT2D eigenvalue weighted by molar-refractivity contribution is -0.107. The van der Waals surface area contributed by atoms with Crippen molar-refractivity contribution in [1.82, 2.24) is 5.32 Å². The Labute approximate surface area is 110 Å². The first-order valence-electron chi connectivity index (χ1n) is 5.26. The van der Waals surface area contributed by atoms with Crippen molar-refractivity contribution < 1.29 is 9.18 Å². The molecule has 0 aromatic heterocycles. The number of hydrogen-bond acceptors (Lipinski definition) is 4. The highest BCUT2D eigenvalue weighted by Gasteiger charge is 2.11. The summed E-state index contributed by atoms with van der Waals surface area (Å²) in [6.07, 6.45) is 1.62. The van der Waals surface area contributed by atoms with Gasteiger partial charge in [-0.15, -0.1) is 0 Å². The normalized spacial score (nSPS) is 11.4. The third kappa shape index (κ3) is 3.90. The van der Waals surface area contributed by atoms with E-state index in [-0.39, 0.29) is 16.5 Å². The molecule has 0 saturated heterocycles. The molecular formula is C13H13FN2OS. The van der Waals surface area contributed by atoms with Crippen LogP contribution in [0.1, 0.15) is 12.5 Å². The number of nitrogens with one attached hydrogen (secondary N) is 1. The van der Waals surface area contributed by atoms with E-state index >= 15 is 0 Å². The standard InChI is InChI=1S/C13H13FN2OS/c1-9(12(7-15)13(17)18-2)16-8-10-4-3-5-11(14)6-10/h3-6,16H,8H2,1-2H3. The SMILES string of the molecule is CSC(=O)C(C#N)=C(C)NCc1cccc(F)c1. The van der Waals surface area contributed by atoms with E-state index in [0.717, 1.165) is 17.3 Å². The summed E-state index contributed by atoms with van der Waals surface area (Å²) >= 11 is 0.991. The fraction of sp³-hybridized carbons (Fsp3) is 0.231. The van der Waals surface area contributed by atoms with Crippen LogP contribution < -0.4 is 5.32 Å². The Bertz CT molecular complexity index is 520. The lowest BCUT2D eigenvalue weighted by atomic mass is 10.2. The number of halogens is 1. The number of carbonyl (C=O) groups excluding carboxylic acids is 1. The zero-order valence-corrected chi connectivity index (χ0v) is 11.0. The highest BCUT2D eigenvalue weighted by molar-refractivity contribution is 8.13. The van der Waals surface area contributed by atoms with Gasteiger partial charge >= 0.3 is 0 Å². The van der Waals surface area contributed by atoms with Gasteiger partial charge in [-0.1, -0.05) is 23.9 Å². The van der Waals surface area contributed by atoms with Crippen LogP contribution in [0.2, 0.25) is 0 Å². The van der Waals surface area contributed by atoms with Crippen molar-refractivity contribution in [2.45, 2.75) is 13.5 Å². The molecular weight excluding hydrogens is 251 g/mol. The smallest absolute Gasteiger partial charge is 0.231 e. The van der Waals surface area contributed by atoms with E-state index in [1.54, 1.807) is 25.3 Å². The molecule has 0 spiro atoms. The van der Waals surface area contributed by atoms with E-state index in [1.165, 1.54) is 12.1 Å². The molecule has 0 aliphatic heterocycles. The number of carbonyl (C=O) groups is 1. The molecule has 1 rings (SSSR count). The molecule has 0 aliphatic carbocycles. The first-order valence-corrected chi connectivity index (χ1v) is 6.48. The molecule has 0 saturated carbocycles. The number of benzene rings is 1. The maximum Gasteiger partial charge on any atom is 0.231 e. The topological polar surface area (TPSA) is 52.9 Å². The van der Waals surface area contributed by atoms with Crippen LogP contribution in [0.25, 0.3) is 0 Å². The van der Waals surface area contributed by atoms with Gasteiger partial charge in [0, 0.05) is 12.2 Å². The molecule has 0 fully saturated rings. The van der Waals surface area contributed by atoms with Crippen LogP contribution in [0.15, 0.2) is 35.5 Å². The van der Waals surface area contributed by atoms with Gasteiger partial charge in [0.05, 0.1) is 0 Å². The molecule has 18 heavy (non-hydrogen) atoms. The molecule has 0 bridgehead atoms. The average Bonchev–Trinajstić information content (AvgIpc) is 2.37. The summed E-state index contributed by atoms with van der Waals surface area (Å²) in [5.41, 5.74) is 1.35. The number of allylic oxidation sites excluding steroid dienone is 1. The molecule has 0 aliphatic rings. The van der Waals surface area contributed by atoms with Gasteiger partial charge in [-0.05, 0) is 30.9 Å². The van der Waals surface area contributed by atoms with Crippen molar-refractivity contribution in [1.29, 1.82) is 5.26 Å². The van der Waals surface area contributed by atoms with E-state index in [0.29, 0.717) is 12.2 Å². The van der Waals surface area contributed by atoms with Gasteiger partial charge in [-0.2, -0.15) is 5.26 Å². The molecule has 1 aromatic rings. The van der Waals surface area contributed by atoms with Crippen LogP contribution in [-0.4, -0.2) is 11.4 Å². The molecule has 0 unspecified atom stereocenters. The van der Waals surface area contributed by atoms with Crippen LogP contribution in [0.3, 0.4) is 0 Å². The molecule has 0 heterocycles. The third-order valence-electron chi connectivity index (χ3n) is 2.32. The highest BCUT2D eigenvalue weighted by atomic mass is 32.2. The summed E-state index contributed by atoms with van der Waals surface area (Å²) in [7, 11) is 0. The largest absolute Gasteiger partial charge is 0.383 e. The van der Waals surface area contributed by atoms with E-state index < -0.39 is 0 Å². The van der Waals surface area contributed by atoms with Gasteiger partial charge in [0.25, 0.3) is 0 Å². The summed E-state index contributed by atoms with van der Waals surface area (Å²) in [5, 5.41) is 11.6. The minimum Gasteiger partial charge on any atom is -0.383 e. The van der Waals surface area contributed by atoms with Crippen LogP contribution in [0, 0.1) is 17.1 Å². The second-order valence-electron chi connectivity index (χ2n) is 3.59. The van der Waals surface area contributed by atoms with Gasteiger partial charge in [-0.3, -0.25) is 4.79 Å². The third-order valence-corrected chi connectivity index (χ3v) is 2.90. The Hall–Kier alpha value is -1.80. The second-order valence-corrected chi connectivity index (χ2v) is 4.37. The summed E-state index contributed by atoms with van der Waals surface area (Å²) in [6, 6.07) is 8.03. The fourth-order valence-electron chi connectivity index (χ4n) is 1.35. The molecule has 0 amide bonds. The van der Waals surface area contributed by atoms with Crippen LogP contribution in [0.5, 0.6) is 0 Å². The molecule has 5 heteroatoms. The molecule has 3 nitrogen and oxygen atoms in total. The van der Waals surface area contributed by atoms with Crippen molar-refractivity contribution in [3.05, 3.63) is 46.9 Å². The van der Waals surface area contributed by atoms with Crippen molar-refractivity contribution >= 4 is 16.9 Å². The molecule has 1 aromatic carbocycles. The first kappa shape index (κ1) is 14.3. The Kier molecular flexibility index (Phi) is 5.40. The van der Waals surface area contributed by atoms with Crippen LogP contribution >= 0.6 is 11.8 Å². The van der Waals surface area contributed by atoms with E-state index in [1.807, 2.05) is 6.07 Å². The highest BCUT2D eigenvalue weighted by Crippen LogP contribution is 2.11. The van der Waals surface area contributed by atoms with E-state index in [2.05, 4.69) is 5.32 Å².